The smallest absolute Gasteiger partial charge is 0.372 e. The van der Waals surface area contributed by atoms with Crippen LogP contribution in [0, 0.1) is 11.7 Å². The van der Waals surface area contributed by atoms with Gasteiger partial charge in [-0.3, -0.25) is 0 Å². The van der Waals surface area contributed by atoms with Gasteiger partial charge in [0.25, 0.3) is 0 Å². The second-order valence-electron chi connectivity index (χ2n) is 5.35. The van der Waals surface area contributed by atoms with Gasteiger partial charge in [-0.05, 0) is 24.0 Å². The topological polar surface area (TPSA) is 21.3 Å². The lowest BCUT2D eigenvalue weighted by Crippen LogP contribution is -2.33. The van der Waals surface area contributed by atoms with Crippen LogP contribution in [-0.4, -0.2) is 32.0 Å². The Balaban J connectivity index is 2.57. The quantitative estimate of drug-likeness (QED) is 0.742. The summed E-state index contributed by atoms with van der Waals surface area (Å²) in [7, 11) is 0. The Kier molecular flexibility index (Phi) is 7.11. The zero-order valence-electron chi connectivity index (χ0n) is 12.2. The van der Waals surface area contributed by atoms with Crippen LogP contribution in [0.3, 0.4) is 0 Å². The highest BCUT2D eigenvalue weighted by Crippen LogP contribution is 2.17. The van der Waals surface area contributed by atoms with Gasteiger partial charge >= 0.3 is 6.18 Å². The van der Waals surface area contributed by atoms with E-state index in [1.807, 2.05) is 13.8 Å². The number of nitrogens with one attached hydrogen (secondary N) is 1. The first-order valence-corrected chi connectivity index (χ1v) is 6.89. The average molecular weight is 307 g/mol. The molecule has 0 fully saturated rings. The molecule has 0 aliphatic rings. The van der Waals surface area contributed by atoms with Gasteiger partial charge in [-0.1, -0.05) is 32.0 Å². The normalized spacial score (nSPS) is 13.7. The molecular formula is C15H21F4NO. The first-order chi connectivity index (χ1) is 9.78. The van der Waals surface area contributed by atoms with Crippen LogP contribution in [0.15, 0.2) is 24.3 Å². The molecule has 1 unspecified atom stereocenters. The first kappa shape index (κ1) is 17.9. The van der Waals surface area contributed by atoms with E-state index in [1.54, 1.807) is 18.2 Å². The molecule has 0 aliphatic carbocycles. The summed E-state index contributed by atoms with van der Waals surface area (Å²) in [5.41, 5.74) is 0.490. The molecule has 1 N–H and O–H groups in total. The van der Waals surface area contributed by atoms with Gasteiger partial charge in [0, 0.05) is 12.6 Å². The number of hydrogen-bond acceptors (Lipinski definition) is 2. The molecule has 1 aromatic carbocycles. The third-order valence-corrected chi connectivity index (χ3v) is 2.90. The summed E-state index contributed by atoms with van der Waals surface area (Å²) in [4.78, 5) is 0. The van der Waals surface area contributed by atoms with E-state index in [0.29, 0.717) is 18.5 Å². The van der Waals surface area contributed by atoms with E-state index < -0.39 is 12.8 Å². The van der Waals surface area contributed by atoms with Crippen LogP contribution in [0.2, 0.25) is 0 Å². The molecule has 0 heterocycles. The largest absolute Gasteiger partial charge is 0.411 e. The lowest BCUT2D eigenvalue weighted by Gasteiger charge is -2.20. The minimum Gasteiger partial charge on any atom is -0.372 e. The van der Waals surface area contributed by atoms with Gasteiger partial charge in [-0.2, -0.15) is 13.2 Å². The Labute approximate surface area is 122 Å². The molecule has 1 aromatic rings. The van der Waals surface area contributed by atoms with Gasteiger partial charge in [0.2, 0.25) is 0 Å². The van der Waals surface area contributed by atoms with Gasteiger partial charge in [0.1, 0.15) is 12.4 Å². The molecule has 0 saturated carbocycles. The zero-order chi connectivity index (χ0) is 15.9. The third-order valence-electron chi connectivity index (χ3n) is 2.90. The second-order valence-corrected chi connectivity index (χ2v) is 5.35. The Morgan fingerprint density at radius 1 is 1.19 bits per heavy atom. The molecule has 120 valence electrons. The van der Waals surface area contributed by atoms with Crippen LogP contribution < -0.4 is 5.32 Å². The zero-order valence-corrected chi connectivity index (χ0v) is 12.2. The highest BCUT2D eigenvalue weighted by Gasteiger charge is 2.28. The van der Waals surface area contributed by atoms with E-state index in [2.05, 4.69) is 5.32 Å². The summed E-state index contributed by atoms with van der Waals surface area (Å²) in [5, 5.41) is 3.15. The Bertz CT molecular complexity index is 420. The molecule has 1 atom stereocenters. The molecule has 21 heavy (non-hydrogen) atoms. The van der Waals surface area contributed by atoms with Gasteiger partial charge < -0.3 is 10.1 Å². The summed E-state index contributed by atoms with van der Waals surface area (Å²) >= 11 is 0. The molecule has 0 amide bonds. The fraction of sp³-hybridized carbons (Fsp3) is 0.600. The predicted octanol–water partition coefficient (Wildman–Crippen LogP) is 3.56. The molecule has 6 heteroatoms. The fourth-order valence-electron chi connectivity index (χ4n) is 1.91. The van der Waals surface area contributed by atoms with E-state index in [0.717, 1.165) is 0 Å². The number of alkyl halides is 3. The number of rotatable bonds is 8. The lowest BCUT2D eigenvalue weighted by atomic mass is 9.99. The Hall–Kier alpha value is -1.14. The molecule has 1 rings (SSSR count). The minimum atomic E-state index is -4.34. The molecule has 0 saturated heterocycles. The van der Waals surface area contributed by atoms with Crippen LogP contribution in [0.1, 0.15) is 19.4 Å². The summed E-state index contributed by atoms with van der Waals surface area (Å²) in [6.45, 7) is 3.02. The van der Waals surface area contributed by atoms with Crippen molar-refractivity contribution >= 4 is 0 Å². The number of benzene rings is 1. The molecule has 0 spiro atoms. The molecule has 2 nitrogen and oxygen atoms in total. The second kappa shape index (κ2) is 8.34. The van der Waals surface area contributed by atoms with Crippen LogP contribution in [-0.2, 0) is 11.2 Å². The fourth-order valence-corrected chi connectivity index (χ4v) is 1.91. The summed E-state index contributed by atoms with van der Waals surface area (Å²) < 4.78 is 54.7. The van der Waals surface area contributed by atoms with Crippen molar-refractivity contribution in [2.24, 2.45) is 5.92 Å². The van der Waals surface area contributed by atoms with Gasteiger partial charge in [0.05, 0.1) is 6.61 Å². The van der Waals surface area contributed by atoms with Crippen LogP contribution in [0.4, 0.5) is 17.6 Å². The number of hydrogen-bond donors (Lipinski definition) is 1. The molecule has 0 aromatic heterocycles. The summed E-state index contributed by atoms with van der Waals surface area (Å²) in [5.74, 6) is -0.561. The lowest BCUT2D eigenvalue weighted by molar-refractivity contribution is -0.176. The monoisotopic (exact) mass is 307 g/mol. The highest BCUT2D eigenvalue weighted by molar-refractivity contribution is 5.17. The van der Waals surface area contributed by atoms with Gasteiger partial charge in [-0.15, -0.1) is 0 Å². The van der Waals surface area contributed by atoms with Crippen molar-refractivity contribution in [1.29, 1.82) is 0 Å². The van der Waals surface area contributed by atoms with E-state index in [-0.39, 0.29) is 24.4 Å². The molecule has 0 bridgehead atoms. The van der Waals surface area contributed by atoms with Crippen molar-refractivity contribution in [1.82, 2.24) is 5.32 Å². The molecular weight excluding hydrogens is 286 g/mol. The van der Waals surface area contributed by atoms with E-state index in [9.17, 15) is 17.6 Å². The van der Waals surface area contributed by atoms with Crippen molar-refractivity contribution in [3.63, 3.8) is 0 Å². The first-order valence-electron chi connectivity index (χ1n) is 6.89. The van der Waals surface area contributed by atoms with Gasteiger partial charge in [0.15, 0.2) is 0 Å². The average Bonchev–Trinajstić information content (AvgIpc) is 2.36. The van der Waals surface area contributed by atoms with E-state index in [4.69, 9.17) is 4.74 Å². The van der Waals surface area contributed by atoms with Crippen LogP contribution >= 0.6 is 0 Å². The number of ether oxygens (including phenoxy) is 1. The standard InChI is InChI=1S/C15H21F4NO/c1-11(2)20-8-12(9-21-10-15(17,18)19)7-13-5-3-4-6-14(13)16/h3-6,11-12,20H,7-10H2,1-2H3. The van der Waals surface area contributed by atoms with Crippen molar-refractivity contribution in [3.8, 4) is 0 Å². The van der Waals surface area contributed by atoms with E-state index >= 15 is 0 Å². The van der Waals surface area contributed by atoms with E-state index in [1.165, 1.54) is 6.07 Å². The summed E-state index contributed by atoms with van der Waals surface area (Å²) in [6.07, 6.45) is -4.00. The van der Waals surface area contributed by atoms with Crippen molar-refractivity contribution in [2.45, 2.75) is 32.5 Å². The van der Waals surface area contributed by atoms with Crippen molar-refractivity contribution in [3.05, 3.63) is 35.6 Å². The van der Waals surface area contributed by atoms with Crippen LogP contribution in [0.25, 0.3) is 0 Å². The minimum absolute atomic E-state index is 0.0619. The molecule has 0 radical (unpaired) electrons. The highest BCUT2D eigenvalue weighted by atomic mass is 19.4. The third kappa shape index (κ3) is 8.02. The maximum Gasteiger partial charge on any atom is 0.411 e. The SMILES string of the molecule is CC(C)NCC(COCC(F)(F)F)Cc1ccccc1F. The summed E-state index contributed by atoms with van der Waals surface area (Å²) in [6, 6.07) is 6.48. The number of halogens is 4. The van der Waals surface area contributed by atoms with Crippen molar-refractivity contribution in [2.75, 3.05) is 19.8 Å². The van der Waals surface area contributed by atoms with Gasteiger partial charge in [-0.25, -0.2) is 4.39 Å². The Morgan fingerprint density at radius 3 is 2.43 bits per heavy atom. The Morgan fingerprint density at radius 2 is 1.86 bits per heavy atom. The maximum atomic E-state index is 13.6. The maximum absolute atomic E-state index is 13.6. The van der Waals surface area contributed by atoms with Crippen LogP contribution in [0.5, 0.6) is 0 Å². The van der Waals surface area contributed by atoms with Crippen molar-refractivity contribution < 1.29 is 22.3 Å². The molecule has 0 aliphatic heterocycles. The predicted molar refractivity (Wildman–Crippen MR) is 73.6 cm³/mol.